The Bertz CT molecular complexity index is 315. The van der Waals surface area contributed by atoms with Crippen molar-refractivity contribution in [1.29, 1.82) is 0 Å². The molecule has 1 aliphatic carbocycles. The van der Waals surface area contributed by atoms with Crippen LogP contribution in [0.4, 0.5) is 0 Å². The van der Waals surface area contributed by atoms with Gasteiger partial charge in [-0.1, -0.05) is 26.0 Å². The Morgan fingerprint density at radius 3 is 2.80 bits per heavy atom. The van der Waals surface area contributed by atoms with E-state index in [-0.39, 0.29) is 5.41 Å². The summed E-state index contributed by atoms with van der Waals surface area (Å²) in [7, 11) is 0. The van der Waals surface area contributed by atoms with Crippen LogP contribution in [0.25, 0.3) is 0 Å². The quantitative estimate of drug-likeness (QED) is 0.664. The maximum absolute atomic E-state index is 9.90. The zero-order valence-corrected chi connectivity index (χ0v) is 12.8. The van der Waals surface area contributed by atoms with Crippen molar-refractivity contribution in [1.82, 2.24) is 5.32 Å². The van der Waals surface area contributed by atoms with Gasteiger partial charge in [-0.2, -0.15) is 0 Å². The van der Waals surface area contributed by atoms with E-state index in [9.17, 15) is 5.11 Å². The largest absolute Gasteiger partial charge is 0.389 e. The Hall–Kier alpha value is -0.420. The van der Waals surface area contributed by atoms with Gasteiger partial charge >= 0.3 is 0 Å². The number of allylic oxidation sites excluding steroid dienone is 2. The van der Waals surface area contributed by atoms with Crippen LogP contribution in [-0.2, 0) is 9.47 Å². The molecule has 3 atom stereocenters. The second kappa shape index (κ2) is 7.55. The highest BCUT2D eigenvalue weighted by Crippen LogP contribution is 2.25. The van der Waals surface area contributed by atoms with Crippen LogP contribution in [0.1, 0.15) is 26.7 Å². The first-order valence-electron chi connectivity index (χ1n) is 7.78. The lowest BCUT2D eigenvalue weighted by atomic mass is 9.85. The number of nitrogens with one attached hydrogen (secondary N) is 1. The molecule has 0 amide bonds. The molecule has 1 fully saturated rings. The van der Waals surface area contributed by atoms with E-state index in [1.54, 1.807) is 0 Å². The van der Waals surface area contributed by atoms with Crippen LogP contribution >= 0.6 is 0 Å². The molecular formula is C16H29NO3. The van der Waals surface area contributed by atoms with E-state index >= 15 is 0 Å². The van der Waals surface area contributed by atoms with Crippen molar-refractivity contribution >= 4 is 0 Å². The number of hydrogen-bond acceptors (Lipinski definition) is 4. The molecule has 1 heterocycles. The van der Waals surface area contributed by atoms with Gasteiger partial charge in [-0.3, -0.25) is 0 Å². The molecule has 1 aliphatic heterocycles. The standard InChI is InChI=1S/C16H29NO3/c1-13-5-3-4-6-14(13)8-19-9-15(18)7-17-10-16(2)11-20-12-16/h3-4,13-15,17-18H,5-12H2,1-2H3. The van der Waals surface area contributed by atoms with Crippen LogP contribution in [0.5, 0.6) is 0 Å². The van der Waals surface area contributed by atoms with Gasteiger partial charge in [0, 0.05) is 18.5 Å². The number of ether oxygens (including phenoxy) is 2. The molecule has 3 unspecified atom stereocenters. The predicted molar refractivity (Wildman–Crippen MR) is 79.6 cm³/mol. The average molecular weight is 283 g/mol. The molecule has 2 rings (SSSR count). The Kier molecular flexibility index (Phi) is 6.02. The molecule has 0 aromatic carbocycles. The third-order valence-corrected chi connectivity index (χ3v) is 4.39. The van der Waals surface area contributed by atoms with Crippen molar-refractivity contribution in [3.8, 4) is 0 Å². The first kappa shape index (κ1) is 16.0. The molecular weight excluding hydrogens is 254 g/mol. The lowest BCUT2D eigenvalue weighted by Crippen LogP contribution is -2.48. The molecule has 2 N–H and O–H groups in total. The molecule has 0 spiro atoms. The van der Waals surface area contributed by atoms with Gasteiger partial charge in [0.25, 0.3) is 0 Å². The maximum Gasteiger partial charge on any atom is 0.0897 e. The molecule has 20 heavy (non-hydrogen) atoms. The van der Waals surface area contributed by atoms with E-state index in [1.807, 2.05) is 0 Å². The monoisotopic (exact) mass is 283 g/mol. The van der Waals surface area contributed by atoms with Crippen molar-refractivity contribution in [2.75, 3.05) is 39.5 Å². The van der Waals surface area contributed by atoms with Crippen LogP contribution in [0.15, 0.2) is 12.2 Å². The second-order valence-corrected chi connectivity index (χ2v) is 6.81. The Balaban J connectivity index is 1.51. The summed E-state index contributed by atoms with van der Waals surface area (Å²) in [5.41, 5.74) is 0.254. The summed E-state index contributed by atoms with van der Waals surface area (Å²) in [5.74, 6) is 1.29. The van der Waals surface area contributed by atoms with Gasteiger partial charge in [0.15, 0.2) is 0 Å². The summed E-state index contributed by atoms with van der Waals surface area (Å²) in [6, 6.07) is 0. The van der Waals surface area contributed by atoms with E-state index in [0.717, 1.165) is 39.2 Å². The average Bonchev–Trinajstić information content (AvgIpc) is 2.39. The van der Waals surface area contributed by atoms with E-state index in [1.165, 1.54) is 0 Å². The van der Waals surface area contributed by atoms with Crippen molar-refractivity contribution in [3.63, 3.8) is 0 Å². The highest BCUT2D eigenvalue weighted by atomic mass is 16.5. The molecule has 116 valence electrons. The zero-order valence-electron chi connectivity index (χ0n) is 12.8. The molecule has 0 aromatic heterocycles. The first-order chi connectivity index (χ1) is 9.59. The first-order valence-corrected chi connectivity index (χ1v) is 7.78. The molecule has 0 saturated carbocycles. The topological polar surface area (TPSA) is 50.7 Å². The van der Waals surface area contributed by atoms with Crippen molar-refractivity contribution < 1.29 is 14.6 Å². The number of rotatable bonds is 8. The van der Waals surface area contributed by atoms with Crippen LogP contribution < -0.4 is 5.32 Å². The molecule has 0 bridgehead atoms. The van der Waals surface area contributed by atoms with E-state index < -0.39 is 6.10 Å². The fourth-order valence-corrected chi connectivity index (χ4v) is 2.75. The lowest BCUT2D eigenvalue weighted by molar-refractivity contribution is -0.100. The van der Waals surface area contributed by atoms with Gasteiger partial charge in [-0.25, -0.2) is 0 Å². The van der Waals surface area contributed by atoms with E-state index in [0.29, 0.717) is 25.0 Å². The fraction of sp³-hybridized carbons (Fsp3) is 0.875. The normalized spacial score (nSPS) is 29.9. The SMILES string of the molecule is CC1CC=CCC1COCC(O)CNCC1(C)COC1. The molecule has 1 saturated heterocycles. The minimum atomic E-state index is -0.422. The van der Waals surface area contributed by atoms with E-state index in [2.05, 4.69) is 31.3 Å². The van der Waals surface area contributed by atoms with Gasteiger partial charge < -0.3 is 19.9 Å². The van der Waals surface area contributed by atoms with Gasteiger partial charge in [-0.15, -0.1) is 0 Å². The summed E-state index contributed by atoms with van der Waals surface area (Å²) in [6.45, 7) is 8.78. The molecule has 2 aliphatic rings. The van der Waals surface area contributed by atoms with Crippen molar-refractivity contribution in [2.24, 2.45) is 17.3 Å². The fourth-order valence-electron chi connectivity index (χ4n) is 2.75. The summed E-state index contributed by atoms with van der Waals surface area (Å²) in [5, 5.41) is 13.2. The Labute approximate surface area is 122 Å². The minimum absolute atomic E-state index is 0.254. The minimum Gasteiger partial charge on any atom is -0.389 e. The van der Waals surface area contributed by atoms with Crippen LogP contribution in [-0.4, -0.2) is 50.7 Å². The second-order valence-electron chi connectivity index (χ2n) is 6.81. The number of aliphatic hydroxyl groups is 1. The number of aliphatic hydroxyl groups excluding tert-OH is 1. The van der Waals surface area contributed by atoms with Gasteiger partial charge in [0.05, 0.1) is 32.5 Å². The zero-order chi connectivity index (χ0) is 14.4. The lowest BCUT2D eigenvalue weighted by Gasteiger charge is -2.38. The van der Waals surface area contributed by atoms with Crippen LogP contribution in [0, 0.1) is 17.3 Å². The highest BCUT2D eigenvalue weighted by molar-refractivity contribution is 4.93. The summed E-state index contributed by atoms with van der Waals surface area (Å²) in [6.07, 6.45) is 6.33. The van der Waals surface area contributed by atoms with Crippen LogP contribution in [0.2, 0.25) is 0 Å². The Morgan fingerprint density at radius 2 is 2.15 bits per heavy atom. The Morgan fingerprint density at radius 1 is 1.40 bits per heavy atom. The highest BCUT2D eigenvalue weighted by Gasteiger charge is 2.32. The summed E-state index contributed by atoms with van der Waals surface area (Å²) in [4.78, 5) is 0. The van der Waals surface area contributed by atoms with Gasteiger partial charge in [0.2, 0.25) is 0 Å². The molecule has 4 nitrogen and oxygen atoms in total. The van der Waals surface area contributed by atoms with E-state index in [4.69, 9.17) is 9.47 Å². The molecule has 0 radical (unpaired) electrons. The van der Waals surface area contributed by atoms with Crippen molar-refractivity contribution in [2.45, 2.75) is 32.8 Å². The number of hydrogen-bond donors (Lipinski definition) is 2. The summed E-state index contributed by atoms with van der Waals surface area (Å²) < 4.78 is 10.9. The predicted octanol–water partition coefficient (Wildman–Crippen LogP) is 1.59. The van der Waals surface area contributed by atoms with Gasteiger partial charge in [-0.05, 0) is 24.7 Å². The third-order valence-electron chi connectivity index (χ3n) is 4.39. The van der Waals surface area contributed by atoms with Gasteiger partial charge in [0.1, 0.15) is 0 Å². The summed E-state index contributed by atoms with van der Waals surface area (Å²) >= 11 is 0. The molecule has 0 aromatic rings. The smallest absolute Gasteiger partial charge is 0.0897 e. The van der Waals surface area contributed by atoms with Crippen molar-refractivity contribution in [3.05, 3.63) is 12.2 Å². The third kappa shape index (κ3) is 4.85. The van der Waals surface area contributed by atoms with Crippen LogP contribution in [0.3, 0.4) is 0 Å². The maximum atomic E-state index is 9.90. The molecule has 4 heteroatoms.